The van der Waals surface area contributed by atoms with Crippen molar-refractivity contribution in [2.45, 2.75) is 88.4 Å². The van der Waals surface area contributed by atoms with E-state index in [2.05, 4.69) is 20.9 Å². The van der Waals surface area contributed by atoms with E-state index in [0.29, 0.717) is 45.2 Å². The van der Waals surface area contributed by atoms with Gasteiger partial charge in [-0.3, -0.25) is 24.2 Å². The molecule has 0 spiro atoms. The van der Waals surface area contributed by atoms with Gasteiger partial charge in [-0.05, 0) is 64.5 Å². The molecule has 0 saturated heterocycles. The Bertz CT molecular complexity index is 821. The maximum Gasteiger partial charge on any atom is 0.326 e. The predicted molar refractivity (Wildman–Crippen MR) is 146 cm³/mol. The highest BCUT2D eigenvalue weighted by Gasteiger charge is 2.30. The van der Waals surface area contributed by atoms with Gasteiger partial charge in [0.15, 0.2) is 5.96 Å². The van der Waals surface area contributed by atoms with Crippen LogP contribution < -0.4 is 50.4 Å². The van der Waals surface area contributed by atoms with Gasteiger partial charge in [0.25, 0.3) is 0 Å². The van der Waals surface area contributed by atoms with Crippen molar-refractivity contribution in [2.75, 3.05) is 19.6 Å². The van der Waals surface area contributed by atoms with Crippen LogP contribution in [0.2, 0.25) is 0 Å². The van der Waals surface area contributed by atoms with E-state index in [-0.39, 0.29) is 44.6 Å². The number of carboxylic acids is 1. The molecule has 0 aromatic carbocycles. The summed E-state index contributed by atoms with van der Waals surface area (Å²) in [5, 5.41) is 17.0. The van der Waals surface area contributed by atoms with E-state index < -0.39 is 53.8 Å². The summed E-state index contributed by atoms with van der Waals surface area (Å²) >= 11 is 0. The summed E-state index contributed by atoms with van der Waals surface area (Å²) in [5.41, 5.74) is 32.7. The maximum atomic E-state index is 13.1. The molecule has 4 atom stereocenters. The number of nitrogens with one attached hydrogen (secondary N) is 3. The summed E-state index contributed by atoms with van der Waals surface area (Å²) in [6, 6.07) is -4.52. The van der Waals surface area contributed by atoms with Crippen molar-refractivity contribution in [1.82, 2.24) is 16.0 Å². The largest absolute Gasteiger partial charge is 0.480 e. The maximum absolute atomic E-state index is 13.1. The molecule has 4 amide bonds. The molecular formula is C23H46N10O6. The first-order valence-electron chi connectivity index (χ1n) is 13.1. The number of carbonyl (C=O) groups is 5. The Labute approximate surface area is 228 Å². The quantitative estimate of drug-likeness (QED) is 0.0352. The second kappa shape index (κ2) is 20.5. The highest BCUT2D eigenvalue weighted by Crippen LogP contribution is 2.07. The molecule has 4 unspecified atom stereocenters. The number of primary amides is 1. The van der Waals surface area contributed by atoms with Gasteiger partial charge in [-0.1, -0.05) is 6.42 Å². The van der Waals surface area contributed by atoms with Gasteiger partial charge in [0.2, 0.25) is 23.6 Å². The summed E-state index contributed by atoms with van der Waals surface area (Å²) in [7, 11) is 0. The number of aliphatic carboxylic acids is 1. The molecule has 16 N–H and O–H groups in total. The van der Waals surface area contributed by atoms with E-state index in [0.717, 1.165) is 0 Å². The summed E-state index contributed by atoms with van der Waals surface area (Å²) in [6.07, 6.45) is 2.78. The number of amides is 4. The lowest BCUT2D eigenvalue weighted by molar-refractivity contribution is -0.142. The Morgan fingerprint density at radius 2 is 1.15 bits per heavy atom. The van der Waals surface area contributed by atoms with Crippen LogP contribution in [0.1, 0.15) is 64.2 Å². The number of aliphatic imine (C=N–C) groups is 1. The van der Waals surface area contributed by atoms with Crippen LogP contribution in [0.25, 0.3) is 0 Å². The molecule has 0 bridgehead atoms. The Morgan fingerprint density at radius 1 is 0.667 bits per heavy atom. The lowest BCUT2D eigenvalue weighted by atomic mass is 10.0. The zero-order valence-electron chi connectivity index (χ0n) is 22.4. The zero-order chi connectivity index (χ0) is 29.8. The van der Waals surface area contributed by atoms with Crippen molar-refractivity contribution in [3.8, 4) is 0 Å². The van der Waals surface area contributed by atoms with Crippen LogP contribution in [0, 0.1) is 0 Å². The number of unbranched alkanes of at least 4 members (excludes halogenated alkanes) is 2. The number of guanidine groups is 1. The van der Waals surface area contributed by atoms with Gasteiger partial charge in [0.1, 0.15) is 18.1 Å². The van der Waals surface area contributed by atoms with Crippen LogP contribution >= 0.6 is 0 Å². The Morgan fingerprint density at radius 3 is 1.67 bits per heavy atom. The molecule has 0 saturated carbocycles. The highest BCUT2D eigenvalue weighted by molar-refractivity contribution is 5.94. The fraction of sp³-hybridized carbons (Fsp3) is 0.739. The summed E-state index contributed by atoms with van der Waals surface area (Å²) in [4.78, 5) is 65.6. The molecule has 0 radical (unpaired) electrons. The normalized spacial score (nSPS) is 13.8. The van der Waals surface area contributed by atoms with Crippen LogP contribution in [-0.4, -0.2) is 84.5 Å². The minimum Gasteiger partial charge on any atom is -0.480 e. The number of carboxylic acid groups (broad SMARTS) is 1. The van der Waals surface area contributed by atoms with Gasteiger partial charge >= 0.3 is 5.97 Å². The van der Waals surface area contributed by atoms with Crippen molar-refractivity contribution in [1.29, 1.82) is 0 Å². The molecule has 224 valence electrons. The van der Waals surface area contributed by atoms with Crippen molar-refractivity contribution in [2.24, 2.45) is 39.4 Å². The fourth-order valence-corrected chi connectivity index (χ4v) is 3.54. The Kier molecular flexibility index (Phi) is 18.6. The predicted octanol–water partition coefficient (Wildman–Crippen LogP) is -3.57. The van der Waals surface area contributed by atoms with Gasteiger partial charge < -0.3 is 55.5 Å². The van der Waals surface area contributed by atoms with Crippen molar-refractivity contribution in [3.63, 3.8) is 0 Å². The minimum atomic E-state index is -1.24. The van der Waals surface area contributed by atoms with Crippen LogP contribution in [0.3, 0.4) is 0 Å². The van der Waals surface area contributed by atoms with Crippen molar-refractivity contribution < 1.29 is 29.1 Å². The molecule has 0 aliphatic heterocycles. The Balaban J connectivity index is 5.63. The molecule has 16 nitrogen and oxygen atoms in total. The van der Waals surface area contributed by atoms with Crippen molar-refractivity contribution in [3.05, 3.63) is 0 Å². The minimum absolute atomic E-state index is 0.0541. The molecule has 0 aliphatic carbocycles. The monoisotopic (exact) mass is 558 g/mol. The van der Waals surface area contributed by atoms with Crippen LogP contribution in [-0.2, 0) is 24.0 Å². The highest BCUT2D eigenvalue weighted by atomic mass is 16.4. The standard InChI is InChI=1S/C23H46N10O6/c24-11-3-1-6-14(26)19(35)31-16(9-10-18(27)34)21(37)32-15(8-5-13-30-23(28)29)20(36)33-17(22(38)39)7-2-4-12-25/h14-17H,1-13,24-26H2,(H2,27,34)(H,31,35)(H,32,37)(H,33,36)(H,38,39)(H4,28,29,30). The fourth-order valence-electron chi connectivity index (χ4n) is 3.54. The topological polar surface area (TPSA) is 310 Å². The molecule has 0 heterocycles. The van der Waals surface area contributed by atoms with Crippen LogP contribution in [0.5, 0.6) is 0 Å². The molecule has 39 heavy (non-hydrogen) atoms. The lowest BCUT2D eigenvalue weighted by Crippen LogP contribution is -2.57. The first-order chi connectivity index (χ1) is 18.4. The van der Waals surface area contributed by atoms with E-state index >= 15 is 0 Å². The van der Waals surface area contributed by atoms with Gasteiger partial charge in [-0.2, -0.15) is 0 Å². The van der Waals surface area contributed by atoms with Gasteiger partial charge in [-0.25, -0.2) is 4.79 Å². The summed E-state index contributed by atoms with van der Waals surface area (Å²) in [6.45, 7) is 0.972. The number of carbonyl (C=O) groups excluding carboxylic acids is 4. The molecule has 16 heteroatoms. The summed E-state index contributed by atoms with van der Waals surface area (Å²) in [5.74, 6) is -4.20. The third kappa shape index (κ3) is 16.9. The van der Waals surface area contributed by atoms with Gasteiger partial charge in [-0.15, -0.1) is 0 Å². The zero-order valence-corrected chi connectivity index (χ0v) is 22.4. The second-order valence-electron chi connectivity index (χ2n) is 9.15. The number of hydrogen-bond donors (Lipinski definition) is 10. The van der Waals surface area contributed by atoms with Gasteiger partial charge in [0.05, 0.1) is 6.04 Å². The van der Waals surface area contributed by atoms with E-state index in [4.69, 9.17) is 34.4 Å². The number of nitrogens with two attached hydrogens (primary N) is 6. The number of nitrogens with zero attached hydrogens (tertiary/aromatic N) is 1. The lowest BCUT2D eigenvalue weighted by Gasteiger charge is -2.25. The van der Waals surface area contributed by atoms with E-state index in [1.165, 1.54) is 0 Å². The number of rotatable bonds is 22. The molecule has 0 rings (SSSR count). The first kappa shape index (κ1) is 35.5. The third-order valence-electron chi connectivity index (χ3n) is 5.76. The van der Waals surface area contributed by atoms with E-state index in [1.807, 2.05) is 0 Å². The third-order valence-corrected chi connectivity index (χ3v) is 5.76. The average Bonchev–Trinajstić information content (AvgIpc) is 2.86. The molecular weight excluding hydrogens is 512 g/mol. The van der Waals surface area contributed by atoms with Crippen LogP contribution in [0.15, 0.2) is 4.99 Å². The SMILES string of the molecule is NCCCCC(N)C(=O)NC(CCC(N)=O)C(=O)NC(CCCN=C(N)N)C(=O)NC(CCCCN)C(=O)O. The van der Waals surface area contributed by atoms with E-state index in [9.17, 15) is 29.1 Å². The average molecular weight is 559 g/mol. The molecule has 0 aromatic heterocycles. The van der Waals surface area contributed by atoms with E-state index in [1.54, 1.807) is 0 Å². The molecule has 0 aliphatic rings. The smallest absolute Gasteiger partial charge is 0.326 e. The molecule has 0 aromatic rings. The Hall–Kier alpha value is -3.50. The van der Waals surface area contributed by atoms with Crippen molar-refractivity contribution >= 4 is 35.6 Å². The second-order valence-corrected chi connectivity index (χ2v) is 9.15. The van der Waals surface area contributed by atoms with Gasteiger partial charge in [0, 0.05) is 13.0 Å². The first-order valence-corrected chi connectivity index (χ1v) is 13.1. The molecule has 0 fully saturated rings. The number of hydrogen-bond acceptors (Lipinski definition) is 9. The van der Waals surface area contributed by atoms with Crippen LogP contribution in [0.4, 0.5) is 0 Å². The summed E-state index contributed by atoms with van der Waals surface area (Å²) < 4.78 is 0.